The minimum Gasteiger partial charge on any atom is -0.336 e. The van der Waals surface area contributed by atoms with Gasteiger partial charge in [-0.25, -0.2) is 13.2 Å². The van der Waals surface area contributed by atoms with Crippen LogP contribution in [0.4, 0.5) is 13.2 Å². The lowest BCUT2D eigenvalue weighted by atomic mass is 9.82. The number of thioether (sulfide) groups is 1. The molecule has 7 heteroatoms. The molecule has 2 aliphatic heterocycles. The Morgan fingerprint density at radius 2 is 1.63 bits per heavy atom. The van der Waals surface area contributed by atoms with Gasteiger partial charge in [-0.3, -0.25) is 4.79 Å². The first-order valence-electron chi connectivity index (χ1n) is 11.2. The van der Waals surface area contributed by atoms with E-state index >= 15 is 0 Å². The highest BCUT2D eigenvalue weighted by molar-refractivity contribution is 8.00. The van der Waals surface area contributed by atoms with Crippen LogP contribution in [-0.2, 0) is 11.2 Å². The molecule has 2 bridgehead atoms. The zero-order chi connectivity index (χ0) is 21.3. The van der Waals surface area contributed by atoms with E-state index in [1.807, 2.05) is 11.8 Å². The molecule has 4 atom stereocenters. The Morgan fingerprint density at radius 3 is 2.30 bits per heavy atom. The summed E-state index contributed by atoms with van der Waals surface area (Å²) < 4.78 is 40.7. The third-order valence-electron chi connectivity index (χ3n) is 7.20. The molecular formula is C23H31F3N2OS. The maximum atomic E-state index is 14.0. The third kappa shape index (κ3) is 4.82. The van der Waals surface area contributed by atoms with Crippen LogP contribution in [-0.4, -0.2) is 39.9 Å². The van der Waals surface area contributed by atoms with Crippen LogP contribution in [0.3, 0.4) is 0 Å². The first-order valence-corrected chi connectivity index (χ1v) is 12.3. The number of carbonyl (C=O) groups excluding carboxylic acids is 1. The molecule has 166 valence electrons. The van der Waals surface area contributed by atoms with E-state index in [4.69, 9.17) is 5.73 Å². The molecule has 3 fully saturated rings. The summed E-state index contributed by atoms with van der Waals surface area (Å²) >= 11 is 1.82. The van der Waals surface area contributed by atoms with Crippen molar-refractivity contribution in [2.24, 2.45) is 11.7 Å². The Balaban J connectivity index is 1.33. The molecule has 2 heterocycles. The van der Waals surface area contributed by atoms with Crippen molar-refractivity contribution >= 4 is 17.7 Å². The number of nitrogens with zero attached hydrogens (tertiary/aromatic N) is 1. The molecule has 4 rings (SSSR count). The van der Waals surface area contributed by atoms with Crippen LogP contribution in [0.1, 0.15) is 63.4 Å². The first-order chi connectivity index (χ1) is 14.4. The van der Waals surface area contributed by atoms with Crippen molar-refractivity contribution in [1.29, 1.82) is 0 Å². The number of benzene rings is 1. The van der Waals surface area contributed by atoms with Gasteiger partial charge in [0.1, 0.15) is 5.82 Å². The Hall–Kier alpha value is -1.21. The molecule has 0 aromatic heterocycles. The lowest BCUT2D eigenvalue weighted by molar-refractivity contribution is -0.133. The summed E-state index contributed by atoms with van der Waals surface area (Å²) in [6, 6.07) is 1.58. The van der Waals surface area contributed by atoms with Gasteiger partial charge in [0.2, 0.25) is 5.91 Å². The molecular weight excluding hydrogens is 409 g/mol. The van der Waals surface area contributed by atoms with Crippen LogP contribution >= 0.6 is 11.8 Å². The summed E-state index contributed by atoms with van der Waals surface area (Å²) in [4.78, 5) is 15.0. The fourth-order valence-corrected chi connectivity index (χ4v) is 6.81. The molecule has 1 saturated carbocycles. The predicted octanol–water partition coefficient (Wildman–Crippen LogP) is 4.81. The van der Waals surface area contributed by atoms with Crippen molar-refractivity contribution in [2.75, 3.05) is 5.75 Å². The lowest BCUT2D eigenvalue weighted by Crippen LogP contribution is -2.51. The van der Waals surface area contributed by atoms with Gasteiger partial charge in [0.05, 0.1) is 5.75 Å². The van der Waals surface area contributed by atoms with Gasteiger partial charge in [0.15, 0.2) is 11.6 Å². The Bertz CT molecular complexity index is 757. The van der Waals surface area contributed by atoms with Crippen LogP contribution in [0.5, 0.6) is 0 Å². The van der Waals surface area contributed by atoms with Gasteiger partial charge < -0.3 is 10.6 Å². The standard InChI is InChI=1S/C23H31F3N2OS/c24-19-12-21(26)20(25)10-14(19)11-22(27)15-8-16-6-7-17(9-15)28(16)23(29)13-30-18-4-2-1-3-5-18/h10,12,15-18,22H,1-9,11,13,27H2/t15?,16-,17+,22-/m1/s1. The number of rotatable bonds is 6. The summed E-state index contributed by atoms with van der Waals surface area (Å²) in [7, 11) is 0. The van der Waals surface area contributed by atoms with E-state index in [1.165, 1.54) is 32.1 Å². The molecule has 0 radical (unpaired) electrons. The largest absolute Gasteiger partial charge is 0.336 e. The lowest BCUT2D eigenvalue weighted by Gasteiger charge is -2.41. The van der Waals surface area contributed by atoms with E-state index in [-0.39, 0.29) is 41.9 Å². The number of amides is 1. The van der Waals surface area contributed by atoms with E-state index in [2.05, 4.69) is 4.90 Å². The van der Waals surface area contributed by atoms with Gasteiger partial charge in [-0.1, -0.05) is 19.3 Å². The van der Waals surface area contributed by atoms with E-state index in [0.29, 0.717) is 17.1 Å². The highest BCUT2D eigenvalue weighted by Crippen LogP contribution is 2.41. The van der Waals surface area contributed by atoms with Crippen molar-refractivity contribution < 1.29 is 18.0 Å². The second-order valence-electron chi connectivity index (χ2n) is 9.21. The summed E-state index contributed by atoms with van der Waals surface area (Å²) in [5.74, 6) is -2.01. The Kier molecular flexibility index (Phi) is 6.98. The van der Waals surface area contributed by atoms with Crippen LogP contribution < -0.4 is 5.73 Å². The fourth-order valence-electron chi connectivity index (χ4n) is 5.61. The maximum Gasteiger partial charge on any atom is 0.233 e. The second kappa shape index (κ2) is 9.51. The molecule has 1 amide bonds. The van der Waals surface area contributed by atoms with E-state index < -0.39 is 17.5 Å². The zero-order valence-electron chi connectivity index (χ0n) is 17.3. The molecule has 30 heavy (non-hydrogen) atoms. The summed E-state index contributed by atoms with van der Waals surface area (Å²) in [6.07, 6.45) is 10.1. The van der Waals surface area contributed by atoms with Gasteiger partial charge in [-0.05, 0) is 62.5 Å². The number of fused-ring (bicyclic) bond motifs is 2. The summed E-state index contributed by atoms with van der Waals surface area (Å²) in [5.41, 5.74) is 6.50. The fraction of sp³-hybridized carbons (Fsp3) is 0.696. The molecule has 1 unspecified atom stereocenters. The zero-order valence-corrected chi connectivity index (χ0v) is 18.1. The van der Waals surface area contributed by atoms with Gasteiger partial charge >= 0.3 is 0 Å². The van der Waals surface area contributed by atoms with Gasteiger partial charge in [-0.15, -0.1) is 11.8 Å². The van der Waals surface area contributed by atoms with Crippen molar-refractivity contribution in [2.45, 2.75) is 87.6 Å². The molecule has 1 aromatic carbocycles. The van der Waals surface area contributed by atoms with Crippen LogP contribution in [0.25, 0.3) is 0 Å². The molecule has 2 saturated heterocycles. The van der Waals surface area contributed by atoms with E-state index in [0.717, 1.165) is 31.7 Å². The molecule has 0 spiro atoms. The topological polar surface area (TPSA) is 46.3 Å². The SMILES string of the molecule is N[C@H](Cc1cc(F)c(F)cc1F)C1C[C@H]2CC[C@@H](C1)N2C(=O)CSC1CCCCC1. The average molecular weight is 441 g/mol. The minimum atomic E-state index is -1.18. The van der Waals surface area contributed by atoms with Gasteiger partial charge in [0, 0.05) is 29.4 Å². The van der Waals surface area contributed by atoms with Crippen molar-refractivity contribution in [1.82, 2.24) is 4.90 Å². The molecule has 2 N–H and O–H groups in total. The summed E-state index contributed by atoms with van der Waals surface area (Å²) in [5, 5.41) is 0.623. The van der Waals surface area contributed by atoms with Crippen LogP contribution in [0.15, 0.2) is 12.1 Å². The number of nitrogens with two attached hydrogens (primary N) is 1. The third-order valence-corrected chi connectivity index (χ3v) is 8.56. The Morgan fingerprint density at radius 1 is 1.00 bits per heavy atom. The quantitative estimate of drug-likeness (QED) is 0.646. The predicted molar refractivity (Wildman–Crippen MR) is 114 cm³/mol. The van der Waals surface area contributed by atoms with E-state index in [1.54, 1.807) is 0 Å². The Labute approximate surface area is 180 Å². The number of hydrogen-bond acceptors (Lipinski definition) is 3. The smallest absolute Gasteiger partial charge is 0.233 e. The molecule has 3 aliphatic rings. The van der Waals surface area contributed by atoms with Crippen molar-refractivity contribution in [3.8, 4) is 0 Å². The molecule has 3 nitrogen and oxygen atoms in total. The maximum absolute atomic E-state index is 14.0. The molecule has 1 aliphatic carbocycles. The number of carbonyl (C=O) groups is 1. The number of halogens is 3. The van der Waals surface area contributed by atoms with E-state index in [9.17, 15) is 18.0 Å². The average Bonchev–Trinajstić information content (AvgIpc) is 3.00. The number of piperidine rings is 1. The number of hydrogen-bond donors (Lipinski definition) is 1. The monoisotopic (exact) mass is 440 g/mol. The minimum absolute atomic E-state index is 0.121. The highest BCUT2D eigenvalue weighted by atomic mass is 32.2. The van der Waals surface area contributed by atoms with Crippen molar-refractivity contribution in [3.63, 3.8) is 0 Å². The second-order valence-corrected chi connectivity index (χ2v) is 10.5. The van der Waals surface area contributed by atoms with Crippen LogP contribution in [0, 0.1) is 23.4 Å². The van der Waals surface area contributed by atoms with Gasteiger partial charge in [0.25, 0.3) is 0 Å². The normalized spacial score (nSPS) is 28.0. The van der Waals surface area contributed by atoms with Crippen molar-refractivity contribution in [3.05, 3.63) is 35.1 Å². The highest BCUT2D eigenvalue weighted by Gasteiger charge is 2.44. The first kappa shape index (κ1) is 22.0. The summed E-state index contributed by atoms with van der Waals surface area (Å²) in [6.45, 7) is 0. The van der Waals surface area contributed by atoms with Crippen LogP contribution in [0.2, 0.25) is 0 Å². The van der Waals surface area contributed by atoms with Gasteiger partial charge in [-0.2, -0.15) is 0 Å². The molecule has 1 aromatic rings.